The van der Waals surface area contributed by atoms with Gasteiger partial charge in [-0.3, -0.25) is 28.8 Å². The maximum Gasteiger partial charge on any atom is 0.312 e. The molecule has 2 atom stereocenters. The van der Waals surface area contributed by atoms with Crippen LogP contribution in [0.25, 0.3) is 0 Å². The van der Waals surface area contributed by atoms with Gasteiger partial charge >= 0.3 is 35.8 Å². The van der Waals surface area contributed by atoms with Crippen LogP contribution >= 0.6 is 0 Å². The minimum absolute atomic E-state index is 0.0187. The number of carboxylic acids is 6. The van der Waals surface area contributed by atoms with Gasteiger partial charge in [-0.25, -0.2) is 0 Å². The molecule has 0 spiro atoms. The Morgan fingerprint density at radius 1 is 0.309 bits per heavy atom. The van der Waals surface area contributed by atoms with E-state index >= 15 is 0 Å². The van der Waals surface area contributed by atoms with Crippen molar-refractivity contribution in [1.82, 2.24) is 0 Å². The van der Waals surface area contributed by atoms with Crippen LogP contribution in [0.15, 0.2) is 30.3 Å². The van der Waals surface area contributed by atoms with E-state index in [0.29, 0.717) is 150 Å². The summed E-state index contributed by atoms with van der Waals surface area (Å²) < 4.78 is 12.9. The molecule has 0 aliphatic rings. The maximum atomic E-state index is 13.1. The molecule has 0 saturated carbocycles. The number of aromatic hydroxyl groups is 5. The Morgan fingerprint density at radius 2 is 0.628 bits per heavy atom. The smallest absolute Gasteiger partial charge is 0.312 e. The summed E-state index contributed by atoms with van der Waals surface area (Å²) in [5.41, 5.74) is -1.66. The minimum atomic E-state index is -1.33. The first-order valence-electron chi connectivity index (χ1n) is 34.5. The van der Waals surface area contributed by atoms with Crippen molar-refractivity contribution in [3.05, 3.63) is 63.7 Å². The van der Waals surface area contributed by atoms with Gasteiger partial charge < -0.3 is 65.6 Å². The molecule has 19 heteroatoms. The number of unbranched alkanes of at least 4 members (excludes halogenated alkanes) is 15. The first-order valence-corrected chi connectivity index (χ1v) is 34.5. The lowest BCUT2D eigenvalue weighted by Crippen LogP contribution is -2.34. The van der Waals surface area contributed by atoms with E-state index in [2.05, 4.69) is 0 Å². The largest absolute Gasteiger partial charge is 0.508 e. The van der Waals surface area contributed by atoms with Gasteiger partial charge in [0.25, 0.3) is 0 Å². The monoisotopic (exact) mass is 1320 g/mol. The van der Waals surface area contributed by atoms with E-state index in [9.17, 15) is 84.9 Å². The van der Waals surface area contributed by atoms with Crippen molar-refractivity contribution in [3.8, 4) is 40.2 Å². The number of hydrogen-bond acceptors (Lipinski definition) is 13. The third-order valence-corrected chi connectivity index (χ3v) is 19.6. The number of phenols is 5. The molecule has 0 fully saturated rings. The van der Waals surface area contributed by atoms with Crippen molar-refractivity contribution in [2.24, 2.45) is 32.5 Å². The summed E-state index contributed by atoms with van der Waals surface area (Å²) in [5.74, 6) is -6.02. The van der Waals surface area contributed by atoms with Crippen molar-refractivity contribution in [3.63, 3.8) is 0 Å². The lowest BCUT2D eigenvalue weighted by molar-refractivity contribution is -0.151. The summed E-state index contributed by atoms with van der Waals surface area (Å²) in [6.45, 7) is 16.6. The van der Waals surface area contributed by atoms with Crippen molar-refractivity contribution in [1.29, 1.82) is 0 Å². The Balaban J connectivity index is 1.77. The number of carbonyl (C=O) groups is 6. The molecule has 3 rings (SSSR count). The van der Waals surface area contributed by atoms with Crippen LogP contribution in [0, 0.1) is 32.5 Å². The highest BCUT2D eigenvalue weighted by molar-refractivity contribution is 5.76. The first-order chi connectivity index (χ1) is 43.9. The second-order valence-corrected chi connectivity index (χ2v) is 29.8. The van der Waals surface area contributed by atoms with Crippen LogP contribution in [0.3, 0.4) is 0 Å². The third-order valence-electron chi connectivity index (χ3n) is 19.6. The minimum Gasteiger partial charge on any atom is -0.508 e. The highest BCUT2D eigenvalue weighted by atomic mass is 16.5. The molecule has 0 bridgehead atoms. The van der Waals surface area contributed by atoms with E-state index in [-0.39, 0.29) is 43.3 Å². The van der Waals surface area contributed by atoms with Crippen LogP contribution < -0.4 is 9.47 Å². The van der Waals surface area contributed by atoms with Crippen LogP contribution in [0.5, 0.6) is 40.2 Å². The van der Waals surface area contributed by atoms with E-state index < -0.39 is 79.8 Å². The van der Waals surface area contributed by atoms with Gasteiger partial charge in [0.05, 0.1) is 32.5 Å². The second-order valence-electron chi connectivity index (χ2n) is 29.8. The van der Waals surface area contributed by atoms with Gasteiger partial charge in [0.15, 0.2) is 11.5 Å². The van der Waals surface area contributed by atoms with Gasteiger partial charge in [-0.2, -0.15) is 0 Å². The van der Waals surface area contributed by atoms with Gasteiger partial charge in [-0.15, -0.1) is 0 Å². The van der Waals surface area contributed by atoms with Crippen LogP contribution in [0.1, 0.15) is 276 Å². The molecule has 0 aliphatic heterocycles. The third kappa shape index (κ3) is 26.4. The van der Waals surface area contributed by atoms with E-state index in [0.717, 1.165) is 93.7 Å². The van der Waals surface area contributed by atoms with Gasteiger partial charge in [0.2, 0.25) is 5.75 Å². The Kier molecular flexibility index (Phi) is 32.9. The summed E-state index contributed by atoms with van der Waals surface area (Å²) in [5, 5.41) is 114. The predicted octanol–water partition coefficient (Wildman–Crippen LogP) is 16.8. The van der Waals surface area contributed by atoms with E-state index in [1.165, 1.54) is 12.1 Å². The molecule has 530 valence electrons. The molecule has 0 amide bonds. The van der Waals surface area contributed by atoms with Crippen molar-refractivity contribution < 1.29 is 94.4 Å². The summed E-state index contributed by atoms with van der Waals surface area (Å²) in [7, 11) is 0. The molecule has 0 radical (unpaired) electrons. The number of rotatable bonds is 51. The number of aliphatic carboxylic acids is 6. The fraction of sp³-hybridized carbons (Fsp3) is 0.680. The molecule has 0 aliphatic carbocycles. The lowest BCUT2D eigenvalue weighted by atomic mass is 9.84. The number of phenolic OH excluding ortho intramolecular Hbond substituents is 5. The van der Waals surface area contributed by atoms with Crippen LogP contribution in [0.2, 0.25) is 0 Å². The Hall–Kier alpha value is -6.92. The number of aryl methyl sites for hydroxylation is 2. The normalized spacial score (nSPS) is 13.5. The second kappa shape index (κ2) is 38.0. The number of ether oxygens (including phenoxy) is 2. The standard InChI is InChI=1S/C75H116O19/c1-70(2,64(81)82)40-26-14-11-20-33-52-47-59(78)63(80)62(79)55(52)35-24-18-30-44-74(9,68(89)90)49-93-60-39-38-58(77)56(57(60)37-23-13-16-28-42-72(5,6)66(85)86)36-25-19-31-45-75(10,69(91)92)50-94-61-48-53(76)46-51(32-21-17-29-43-73(7,8)67(87)88)54(61)34-22-12-15-27-41-71(3,4)65(83)84/h38-39,46-48,76-80H,11-37,40-45,49-50H2,1-10H3,(H,81,82)(H,83,84)(H,85,86)(H,87,88)(H,89,90)(H,91,92). The van der Waals surface area contributed by atoms with Gasteiger partial charge in [0, 0.05) is 22.8 Å². The Bertz CT molecular complexity index is 2940. The van der Waals surface area contributed by atoms with Gasteiger partial charge in [-0.05, 0) is 226 Å². The molecule has 2 unspecified atom stereocenters. The van der Waals surface area contributed by atoms with Crippen LogP contribution in [-0.2, 0) is 67.3 Å². The summed E-state index contributed by atoms with van der Waals surface area (Å²) in [6, 6.07) is 7.90. The zero-order valence-corrected chi connectivity index (χ0v) is 58.3. The molecule has 0 aromatic heterocycles. The fourth-order valence-electron chi connectivity index (χ4n) is 12.0. The lowest BCUT2D eigenvalue weighted by Gasteiger charge is -2.27. The van der Waals surface area contributed by atoms with Crippen LogP contribution in [-0.4, -0.2) is 105 Å². The molecule has 11 N–H and O–H groups in total. The average molecular weight is 1320 g/mol. The average Bonchev–Trinajstić information content (AvgIpc) is 0.838. The molecular formula is C75H116O19. The summed E-state index contributed by atoms with van der Waals surface area (Å²) >= 11 is 0. The molecule has 19 nitrogen and oxygen atoms in total. The molecule has 0 saturated heterocycles. The van der Waals surface area contributed by atoms with Crippen molar-refractivity contribution in [2.45, 2.75) is 281 Å². The molecule has 94 heavy (non-hydrogen) atoms. The quantitative estimate of drug-likeness (QED) is 0.0185. The van der Waals surface area contributed by atoms with Gasteiger partial charge in [0.1, 0.15) is 36.2 Å². The number of benzene rings is 3. The van der Waals surface area contributed by atoms with E-state index in [4.69, 9.17) is 9.47 Å². The number of carboxylic acid groups (broad SMARTS) is 6. The summed E-state index contributed by atoms with van der Waals surface area (Å²) in [6.07, 6.45) is 20.2. The highest BCUT2D eigenvalue weighted by Gasteiger charge is 2.37. The summed E-state index contributed by atoms with van der Waals surface area (Å²) in [4.78, 5) is 72.9. The Morgan fingerprint density at radius 3 is 1.02 bits per heavy atom. The Labute approximate surface area is 558 Å². The SMILES string of the molecule is CC(C)(CCCCCCc1cc(O)c(O)c(O)c1CCCCCC(C)(COc1ccc(O)c(CCCCCC(C)(COc2cc(O)cc(CCCCCC(C)(C)C(=O)O)c2CCCCCCC(C)(C)C(=O)O)C(=O)O)c1CCCCCCC(C)(C)C(=O)O)C(=O)O)C(=O)O. The molecule has 3 aromatic carbocycles. The predicted molar refractivity (Wildman–Crippen MR) is 363 cm³/mol. The number of hydrogen-bond donors (Lipinski definition) is 11. The highest BCUT2D eigenvalue weighted by Crippen LogP contribution is 2.42. The zero-order valence-electron chi connectivity index (χ0n) is 58.3. The first kappa shape index (κ1) is 81.3. The van der Waals surface area contributed by atoms with Crippen molar-refractivity contribution >= 4 is 35.8 Å². The van der Waals surface area contributed by atoms with Gasteiger partial charge in [-0.1, -0.05) is 96.3 Å². The molecule has 3 aromatic rings. The topological polar surface area (TPSA) is 343 Å². The fourth-order valence-corrected chi connectivity index (χ4v) is 12.0. The van der Waals surface area contributed by atoms with E-state index in [1.807, 2.05) is 0 Å². The van der Waals surface area contributed by atoms with E-state index in [1.54, 1.807) is 87.4 Å². The van der Waals surface area contributed by atoms with Crippen molar-refractivity contribution in [2.75, 3.05) is 13.2 Å². The molecule has 0 heterocycles. The van der Waals surface area contributed by atoms with Crippen LogP contribution in [0.4, 0.5) is 0 Å². The molecular weight excluding hydrogens is 1200 g/mol. The maximum absolute atomic E-state index is 13.1. The zero-order chi connectivity index (χ0) is 70.7.